The molecule has 6 nitrogen and oxygen atoms in total. The second kappa shape index (κ2) is 9.58. The van der Waals surface area contributed by atoms with Crippen molar-refractivity contribution in [3.63, 3.8) is 0 Å². The molecule has 3 aromatic carbocycles. The fourth-order valence-electron chi connectivity index (χ4n) is 3.83. The molecule has 4 rings (SSSR count). The molecular weight excluding hydrogens is 484 g/mol. The van der Waals surface area contributed by atoms with Crippen molar-refractivity contribution in [3.05, 3.63) is 98.0 Å². The van der Waals surface area contributed by atoms with Gasteiger partial charge in [-0.15, -0.1) is 0 Å². The van der Waals surface area contributed by atoms with E-state index < -0.39 is 4.92 Å². The van der Waals surface area contributed by atoms with Gasteiger partial charge in [0, 0.05) is 39.9 Å². The summed E-state index contributed by atoms with van der Waals surface area (Å²) in [4.78, 5) is 25.8. The Kier molecular flexibility index (Phi) is 6.60. The number of benzene rings is 3. The smallest absolute Gasteiger partial charge is 0.269 e. The molecule has 0 saturated carbocycles. The first-order valence-electron chi connectivity index (χ1n) is 10.6. The van der Waals surface area contributed by atoms with E-state index in [2.05, 4.69) is 29.8 Å². The molecule has 0 aromatic heterocycles. The number of non-ortho nitro benzene ring substituents is 1. The topological polar surface area (TPSA) is 72.7 Å². The minimum Gasteiger partial charge on any atom is -0.488 e. The van der Waals surface area contributed by atoms with Crippen LogP contribution in [0.1, 0.15) is 30.5 Å². The average molecular weight is 507 g/mol. The predicted molar refractivity (Wildman–Crippen MR) is 133 cm³/mol. The number of para-hydroxylation sites is 1. The van der Waals surface area contributed by atoms with Crippen LogP contribution >= 0.6 is 15.9 Å². The normalized spacial score (nSPS) is 14.1. The van der Waals surface area contributed by atoms with E-state index in [0.29, 0.717) is 29.3 Å². The summed E-state index contributed by atoms with van der Waals surface area (Å²) in [5, 5.41) is 11.1. The molecule has 0 N–H and O–H groups in total. The molecule has 1 aliphatic heterocycles. The molecule has 0 saturated heterocycles. The Labute approximate surface area is 200 Å². The molecule has 33 heavy (non-hydrogen) atoms. The Morgan fingerprint density at radius 1 is 1.09 bits per heavy atom. The number of fused-ring (bicyclic) bond motifs is 1. The quantitative estimate of drug-likeness (QED) is 0.209. The number of nitro benzene ring substituents is 1. The van der Waals surface area contributed by atoms with E-state index in [4.69, 9.17) is 4.74 Å². The molecular formula is C26H23BrN2O4. The van der Waals surface area contributed by atoms with E-state index in [0.717, 1.165) is 21.3 Å². The summed E-state index contributed by atoms with van der Waals surface area (Å²) in [5.41, 5.74) is 3.89. The number of carbonyl (C=O) groups is 1. The van der Waals surface area contributed by atoms with Crippen LogP contribution < -0.4 is 9.64 Å². The van der Waals surface area contributed by atoms with Gasteiger partial charge in [-0.2, -0.15) is 0 Å². The van der Waals surface area contributed by atoms with Crippen molar-refractivity contribution < 1.29 is 14.5 Å². The first-order chi connectivity index (χ1) is 15.8. The van der Waals surface area contributed by atoms with Crippen LogP contribution in [0, 0.1) is 16.0 Å². The molecule has 0 atom stereocenters. The second-order valence-electron chi connectivity index (χ2n) is 8.28. The zero-order valence-corrected chi connectivity index (χ0v) is 19.9. The largest absolute Gasteiger partial charge is 0.488 e. The number of carbonyl (C=O) groups excluding carboxylic acids is 1. The lowest BCUT2D eigenvalue weighted by atomic mass is 10.0. The van der Waals surface area contributed by atoms with Crippen molar-refractivity contribution in [2.45, 2.75) is 20.5 Å². The molecule has 1 heterocycles. The minimum absolute atomic E-state index is 0.0210. The number of anilines is 1. The van der Waals surface area contributed by atoms with Crippen molar-refractivity contribution in [1.29, 1.82) is 0 Å². The van der Waals surface area contributed by atoms with Gasteiger partial charge in [-0.1, -0.05) is 60.1 Å². The van der Waals surface area contributed by atoms with Crippen molar-refractivity contribution in [3.8, 4) is 5.75 Å². The zero-order chi connectivity index (χ0) is 23.5. The van der Waals surface area contributed by atoms with E-state index in [-0.39, 0.29) is 18.2 Å². The standard InChI is InChI=1S/C26H23BrN2O4/c1-17(2)15-28-24-9-4-3-8-22(24)23(26(28)30)14-19-13-20(27)10-11-25(19)33-16-18-6-5-7-21(12-18)29(31)32/h3-14,17H,15-16H2,1-2H3/b23-14-. The number of rotatable bonds is 7. The van der Waals surface area contributed by atoms with Gasteiger partial charge in [0.2, 0.25) is 0 Å². The Morgan fingerprint density at radius 3 is 2.64 bits per heavy atom. The Bertz CT molecular complexity index is 1250. The molecule has 0 spiro atoms. The maximum atomic E-state index is 13.3. The molecule has 1 amide bonds. The van der Waals surface area contributed by atoms with E-state index >= 15 is 0 Å². The van der Waals surface area contributed by atoms with Crippen LogP contribution in [-0.2, 0) is 11.4 Å². The van der Waals surface area contributed by atoms with E-state index in [1.54, 1.807) is 12.1 Å². The van der Waals surface area contributed by atoms with Crippen molar-refractivity contribution in [2.75, 3.05) is 11.4 Å². The molecule has 168 valence electrons. The van der Waals surface area contributed by atoms with Gasteiger partial charge in [0.15, 0.2) is 0 Å². The summed E-state index contributed by atoms with van der Waals surface area (Å²) in [6.07, 6.45) is 1.86. The fourth-order valence-corrected chi connectivity index (χ4v) is 4.21. The third-order valence-corrected chi connectivity index (χ3v) is 5.79. The number of ether oxygens (including phenoxy) is 1. The summed E-state index contributed by atoms with van der Waals surface area (Å²) in [6, 6.07) is 19.8. The van der Waals surface area contributed by atoms with E-state index in [9.17, 15) is 14.9 Å². The highest BCUT2D eigenvalue weighted by Gasteiger charge is 2.32. The lowest BCUT2D eigenvalue weighted by Crippen LogP contribution is -2.30. The van der Waals surface area contributed by atoms with Crippen LogP contribution in [-0.4, -0.2) is 17.4 Å². The van der Waals surface area contributed by atoms with Gasteiger partial charge in [-0.05, 0) is 41.8 Å². The highest BCUT2D eigenvalue weighted by atomic mass is 79.9. The molecule has 0 radical (unpaired) electrons. The molecule has 0 unspecified atom stereocenters. The first kappa shape index (κ1) is 22.7. The minimum atomic E-state index is -0.426. The monoisotopic (exact) mass is 506 g/mol. The number of hydrogen-bond donors (Lipinski definition) is 0. The van der Waals surface area contributed by atoms with E-state index in [1.165, 1.54) is 12.1 Å². The van der Waals surface area contributed by atoms with Gasteiger partial charge < -0.3 is 9.64 Å². The van der Waals surface area contributed by atoms with Gasteiger partial charge in [0.05, 0.1) is 10.6 Å². The highest BCUT2D eigenvalue weighted by molar-refractivity contribution is 9.10. The number of hydrogen-bond acceptors (Lipinski definition) is 4. The van der Waals surface area contributed by atoms with Crippen LogP contribution in [0.5, 0.6) is 5.75 Å². The third-order valence-electron chi connectivity index (χ3n) is 5.30. The Hall–Kier alpha value is -3.45. The van der Waals surface area contributed by atoms with Gasteiger partial charge in [-0.3, -0.25) is 14.9 Å². The fraction of sp³-hybridized carbons (Fsp3) is 0.192. The molecule has 3 aromatic rings. The summed E-state index contributed by atoms with van der Waals surface area (Å²) in [5.74, 6) is 0.889. The average Bonchev–Trinajstić information content (AvgIpc) is 3.04. The Morgan fingerprint density at radius 2 is 1.88 bits per heavy atom. The van der Waals surface area contributed by atoms with Crippen LogP contribution in [0.3, 0.4) is 0 Å². The SMILES string of the molecule is CC(C)CN1C(=O)/C(=C\c2cc(Br)ccc2OCc2cccc([N+](=O)[O-])c2)c2ccccc21. The molecule has 0 bridgehead atoms. The summed E-state index contributed by atoms with van der Waals surface area (Å²) in [6.45, 7) is 4.99. The zero-order valence-electron chi connectivity index (χ0n) is 18.3. The number of amides is 1. The third kappa shape index (κ3) is 4.98. The molecule has 7 heteroatoms. The summed E-state index contributed by atoms with van der Waals surface area (Å²) < 4.78 is 6.88. The van der Waals surface area contributed by atoms with Crippen LogP contribution in [0.25, 0.3) is 11.6 Å². The van der Waals surface area contributed by atoms with Crippen LogP contribution in [0.2, 0.25) is 0 Å². The Balaban J connectivity index is 1.67. The molecule has 0 aliphatic carbocycles. The maximum absolute atomic E-state index is 13.3. The van der Waals surface area contributed by atoms with Gasteiger partial charge in [0.25, 0.3) is 11.6 Å². The van der Waals surface area contributed by atoms with Gasteiger partial charge in [-0.25, -0.2) is 0 Å². The summed E-state index contributed by atoms with van der Waals surface area (Å²) >= 11 is 3.50. The molecule has 1 aliphatic rings. The highest BCUT2D eigenvalue weighted by Crippen LogP contribution is 2.39. The van der Waals surface area contributed by atoms with Crippen LogP contribution in [0.15, 0.2) is 71.2 Å². The number of nitro groups is 1. The summed E-state index contributed by atoms with van der Waals surface area (Å²) in [7, 11) is 0. The molecule has 0 fully saturated rings. The number of halogens is 1. The van der Waals surface area contributed by atoms with Crippen molar-refractivity contribution in [2.24, 2.45) is 5.92 Å². The van der Waals surface area contributed by atoms with E-state index in [1.807, 2.05) is 53.4 Å². The van der Waals surface area contributed by atoms with Crippen molar-refractivity contribution in [1.82, 2.24) is 0 Å². The number of nitrogens with zero attached hydrogens (tertiary/aromatic N) is 2. The van der Waals surface area contributed by atoms with Gasteiger partial charge >= 0.3 is 0 Å². The predicted octanol–water partition coefficient (Wildman–Crippen LogP) is 6.48. The van der Waals surface area contributed by atoms with Crippen LogP contribution in [0.4, 0.5) is 11.4 Å². The lowest BCUT2D eigenvalue weighted by molar-refractivity contribution is -0.384. The van der Waals surface area contributed by atoms with Gasteiger partial charge in [0.1, 0.15) is 12.4 Å². The lowest BCUT2D eigenvalue weighted by Gasteiger charge is -2.19. The second-order valence-corrected chi connectivity index (χ2v) is 9.20. The first-order valence-corrected chi connectivity index (χ1v) is 11.4. The van der Waals surface area contributed by atoms with Crippen molar-refractivity contribution >= 4 is 44.9 Å². The maximum Gasteiger partial charge on any atom is 0.269 e.